The quantitative estimate of drug-likeness (QED) is 0.455. The van der Waals surface area contributed by atoms with Gasteiger partial charge < -0.3 is 20.4 Å². The topological polar surface area (TPSA) is 104 Å². The SMILES string of the molecule is O=C(NC(Cc1cc(=O)[nH]c2ccccc12)C(=O)NCCN1CCOCC1)c1ccc(Cl)cc1. The van der Waals surface area contributed by atoms with Crippen molar-refractivity contribution in [3.8, 4) is 0 Å². The van der Waals surface area contributed by atoms with E-state index in [-0.39, 0.29) is 23.8 Å². The predicted molar refractivity (Wildman–Crippen MR) is 131 cm³/mol. The van der Waals surface area contributed by atoms with Crippen molar-refractivity contribution in [2.24, 2.45) is 0 Å². The molecule has 1 atom stereocenters. The van der Waals surface area contributed by atoms with Crippen molar-refractivity contribution in [1.82, 2.24) is 20.5 Å². The Morgan fingerprint density at radius 1 is 1.09 bits per heavy atom. The monoisotopic (exact) mass is 482 g/mol. The van der Waals surface area contributed by atoms with E-state index in [2.05, 4.69) is 20.5 Å². The van der Waals surface area contributed by atoms with Crippen LogP contribution < -0.4 is 16.2 Å². The number of aromatic amines is 1. The molecular weight excluding hydrogens is 456 g/mol. The molecule has 2 heterocycles. The first-order chi connectivity index (χ1) is 16.5. The minimum atomic E-state index is -0.863. The molecule has 0 saturated carbocycles. The number of rotatable bonds is 8. The number of amides is 2. The maximum Gasteiger partial charge on any atom is 0.251 e. The Morgan fingerprint density at radius 3 is 2.59 bits per heavy atom. The molecule has 1 unspecified atom stereocenters. The van der Waals surface area contributed by atoms with Gasteiger partial charge in [-0.1, -0.05) is 29.8 Å². The lowest BCUT2D eigenvalue weighted by Crippen LogP contribution is -2.50. The minimum Gasteiger partial charge on any atom is -0.379 e. The van der Waals surface area contributed by atoms with Crippen LogP contribution in [0.5, 0.6) is 0 Å². The van der Waals surface area contributed by atoms with Gasteiger partial charge in [0.2, 0.25) is 11.5 Å². The standard InChI is InChI=1S/C25H27ClN4O4/c26-19-7-5-17(6-8-19)24(32)29-22(25(33)27-9-10-30-11-13-34-14-12-30)15-18-16-23(31)28-21-4-2-1-3-20(18)21/h1-8,16,22H,9-15H2,(H,27,33)(H,28,31)(H,29,32). The molecular formula is C25H27ClN4O4. The van der Waals surface area contributed by atoms with Gasteiger partial charge in [-0.15, -0.1) is 0 Å². The number of nitrogens with zero attached hydrogens (tertiary/aromatic N) is 1. The Hall–Kier alpha value is -3.20. The van der Waals surface area contributed by atoms with Crippen LogP contribution in [0.4, 0.5) is 0 Å². The third-order valence-electron chi connectivity index (χ3n) is 5.82. The summed E-state index contributed by atoms with van der Waals surface area (Å²) in [6.45, 7) is 4.16. The molecule has 1 aliphatic heterocycles. The van der Waals surface area contributed by atoms with Crippen molar-refractivity contribution in [3.63, 3.8) is 0 Å². The van der Waals surface area contributed by atoms with Crippen LogP contribution in [0.15, 0.2) is 59.4 Å². The summed E-state index contributed by atoms with van der Waals surface area (Å²) in [7, 11) is 0. The van der Waals surface area contributed by atoms with E-state index in [1.165, 1.54) is 6.07 Å². The summed E-state index contributed by atoms with van der Waals surface area (Å²) in [5.41, 5.74) is 1.50. The van der Waals surface area contributed by atoms with Gasteiger partial charge in [0.05, 0.1) is 13.2 Å². The van der Waals surface area contributed by atoms with Crippen LogP contribution in [-0.2, 0) is 16.0 Å². The molecule has 2 amide bonds. The number of hydrogen-bond acceptors (Lipinski definition) is 5. The lowest BCUT2D eigenvalue weighted by molar-refractivity contribution is -0.123. The Bertz CT molecular complexity index is 1210. The van der Waals surface area contributed by atoms with Gasteiger partial charge in [0.1, 0.15) is 6.04 Å². The molecule has 1 aromatic heterocycles. The van der Waals surface area contributed by atoms with Crippen LogP contribution in [0, 0.1) is 0 Å². The van der Waals surface area contributed by atoms with Crippen molar-refractivity contribution in [2.75, 3.05) is 39.4 Å². The fourth-order valence-electron chi connectivity index (χ4n) is 4.00. The normalized spacial score (nSPS) is 15.1. The first kappa shape index (κ1) is 23.9. The third-order valence-corrected chi connectivity index (χ3v) is 6.07. The molecule has 0 aliphatic carbocycles. The van der Waals surface area contributed by atoms with E-state index in [1.54, 1.807) is 24.3 Å². The number of halogens is 1. The Kier molecular flexibility index (Phi) is 7.95. The summed E-state index contributed by atoms with van der Waals surface area (Å²) in [6.07, 6.45) is 0.174. The highest BCUT2D eigenvalue weighted by molar-refractivity contribution is 6.30. The molecule has 9 heteroatoms. The van der Waals surface area contributed by atoms with Crippen molar-refractivity contribution < 1.29 is 14.3 Å². The second-order valence-corrected chi connectivity index (χ2v) is 8.62. The zero-order valence-corrected chi connectivity index (χ0v) is 19.4. The number of fused-ring (bicyclic) bond motifs is 1. The number of carbonyl (C=O) groups is 2. The number of hydrogen-bond donors (Lipinski definition) is 3. The molecule has 3 aromatic rings. The largest absolute Gasteiger partial charge is 0.379 e. The van der Waals surface area contributed by atoms with Gasteiger partial charge in [-0.25, -0.2) is 0 Å². The van der Waals surface area contributed by atoms with Crippen molar-refractivity contribution in [2.45, 2.75) is 12.5 Å². The molecule has 1 aliphatic rings. The predicted octanol–water partition coefficient (Wildman–Crippen LogP) is 1.97. The van der Waals surface area contributed by atoms with Gasteiger partial charge in [0.25, 0.3) is 5.91 Å². The fourth-order valence-corrected chi connectivity index (χ4v) is 4.13. The molecule has 34 heavy (non-hydrogen) atoms. The summed E-state index contributed by atoms with van der Waals surface area (Å²) in [5.74, 6) is -0.695. The first-order valence-corrected chi connectivity index (χ1v) is 11.6. The zero-order chi connectivity index (χ0) is 23.9. The van der Waals surface area contributed by atoms with E-state index in [4.69, 9.17) is 16.3 Å². The second-order valence-electron chi connectivity index (χ2n) is 8.19. The number of carbonyl (C=O) groups excluding carboxylic acids is 2. The second kappa shape index (κ2) is 11.3. The number of H-pyrrole nitrogens is 1. The number of aromatic nitrogens is 1. The van der Waals surface area contributed by atoms with Crippen LogP contribution in [0.1, 0.15) is 15.9 Å². The van der Waals surface area contributed by atoms with Gasteiger partial charge in [0, 0.05) is 60.2 Å². The van der Waals surface area contributed by atoms with E-state index in [0.717, 1.165) is 18.5 Å². The van der Waals surface area contributed by atoms with Crippen molar-refractivity contribution in [3.05, 3.63) is 81.1 Å². The Balaban J connectivity index is 1.52. The van der Waals surface area contributed by atoms with E-state index in [0.29, 0.717) is 48.0 Å². The van der Waals surface area contributed by atoms with Crippen LogP contribution >= 0.6 is 11.6 Å². The van der Waals surface area contributed by atoms with E-state index in [9.17, 15) is 14.4 Å². The van der Waals surface area contributed by atoms with Crippen LogP contribution in [-0.4, -0.2) is 67.1 Å². The number of nitrogens with one attached hydrogen (secondary N) is 3. The minimum absolute atomic E-state index is 0.174. The molecule has 1 fully saturated rings. The van der Waals surface area contributed by atoms with Gasteiger partial charge in [-0.05, 0) is 35.9 Å². The molecule has 8 nitrogen and oxygen atoms in total. The summed E-state index contributed by atoms with van der Waals surface area (Å²) >= 11 is 5.93. The third kappa shape index (κ3) is 6.22. The Morgan fingerprint density at radius 2 is 1.82 bits per heavy atom. The molecule has 0 spiro atoms. The number of morpholine rings is 1. The number of ether oxygens (including phenoxy) is 1. The number of benzene rings is 2. The summed E-state index contributed by atoms with van der Waals surface area (Å²) < 4.78 is 5.36. The van der Waals surface area contributed by atoms with Crippen LogP contribution in [0.2, 0.25) is 5.02 Å². The van der Waals surface area contributed by atoms with E-state index in [1.807, 2.05) is 24.3 Å². The highest BCUT2D eigenvalue weighted by Gasteiger charge is 2.23. The molecule has 1 saturated heterocycles. The van der Waals surface area contributed by atoms with Gasteiger partial charge in [-0.3, -0.25) is 19.3 Å². The molecule has 3 N–H and O–H groups in total. The smallest absolute Gasteiger partial charge is 0.251 e. The molecule has 178 valence electrons. The lowest BCUT2D eigenvalue weighted by atomic mass is 10.0. The van der Waals surface area contributed by atoms with Gasteiger partial charge >= 0.3 is 0 Å². The highest BCUT2D eigenvalue weighted by Crippen LogP contribution is 2.17. The van der Waals surface area contributed by atoms with E-state index >= 15 is 0 Å². The highest BCUT2D eigenvalue weighted by atomic mass is 35.5. The average Bonchev–Trinajstić information content (AvgIpc) is 2.84. The molecule has 4 rings (SSSR count). The van der Waals surface area contributed by atoms with Crippen LogP contribution in [0.3, 0.4) is 0 Å². The Labute approximate surface area is 202 Å². The molecule has 2 aromatic carbocycles. The number of para-hydroxylation sites is 1. The zero-order valence-electron chi connectivity index (χ0n) is 18.7. The fraction of sp³-hybridized carbons (Fsp3) is 0.320. The van der Waals surface area contributed by atoms with Gasteiger partial charge in [-0.2, -0.15) is 0 Å². The summed E-state index contributed by atoms with van der Waals surface area (Å²) in [6, 6.07) is 14.5. The van der Waals surface area contributed by atoms with Crippen molar-refractivity contribution in [1.29, 1.82) is 0 Å². The van der Waals surface area contributed by atoms with Crippen molar-refractivity contribution >= 4 is 34.3 Å². The maximum absolute atomic E-state index is 13.2. The van der Waals surface area contributed by atoms with Gasteiger partial charge in [0.15, 0.2) is 0 Å². The first-order valence-electron chi connectivity index (χ1n) is 11.2. The summed E-state index contributed by atoms with van der Waals surface area (Å²) in [5, 5.41) is 7.11. The van der Waals surface area contributed by atoms with E-state index < -0.39 is 6.04 Å². The lowest BCUT2D eigenvalue weighted by Gasteiger charge is -2.27. The molecule has 0 radical (unpaired) electrons. The average molecular weight is 483 g/mol. The molecule has 0 bridgehead atoms. The maximum atomic E-state index is 13.2. The van der Waals surface area contributed by atoms with Crippen LogP contribution in [0.25, 0.3) is 10.9 Å². The number of pyridine rings is 1. The summed E-state index contributed by atoms with van der Waals surface area (Å²) in [4.78, 5) is 43.3.